The second-order valence-electron chi connectivity index (χ2n) is 5.20. The maximum absolute atomic E-state index is 11.4. The molecule has 0 unspecified atom stereocenters. The number of thiocarbonyl (C=S) groups is 1. The van der Waals surface area contributed by atoms with Crippen LogP contribution in [0.2, 0.25) is 0 Å². The predicted octanol–water partition coefficient (Wildman–Crippen LogP) is 2.28. The van der Waals surface area contributed by atoms with Crippen molar-refractivity contribution in [3.8, 4) is 0 Å². The quantitative estimate of drug-likeness (QED) is 0.742. The number of hydrogen-bond acceptors (Lipinski definition) is 3. The third-order valence-electron chi connectivity index (χ3n) is 3.62. The van der Waals surface area contributed by atoms with Gasteiger partial charge in [-0.3, -0.25) is 0 Å². The first kappa shape index (κ1) is 14.6. The number of nitrogens with two attached hydrogens (primary N) is 1. The second-order valence-corrected chi connectivity index (χ2v) is 5.64. The number of carboxylic acid groups (broad SMARTS) is 1. The highest BCUT2D eigenvalue weighted by Crippen LogP contribution is 2.28. The van der Waals surface area contributed by atoms with Gasteiger partial charge in [-0.15, -0.1) is 0 Å². The summed E-state index contributed by atoms with van der Waals surface area (Å²) in [5.41, 5.74) is 7.05. The highest BCUT2D eigenvalue weighted by Gasteiger charge is 2.21. The molecule has 6 heteroatoms. The lowest BCUT2D eigenvalue weighted by Crippen LogP contribution is -2.33. The summed E-state index contributed by atoms with van der Waals surface area (Å²) in [5.74, 6) is -0.236. The van der Waals surface area contributed by atoms with Crippen LogP contribution in [0.25, 0.3) is 0 Å². The molecule has 0 radical (unpaired) electrons. The first-order valence-corrected chi connectivity index (χ1v) is 7.07. The highest BCUT2D eigenvalue weighted by molar-refractivity contribution is 7.80. The maximum atomic E-state index is 11.4. The molecule has 1 aromatic carbocycles. The molecule has 0 spiro atoms. The van der Waals surface area contributed by atoms with Crippen molar-refractivity contribution >= 4 is 34.7 Å². The van der Waals surface area contributed by atoms with Crippen LogP contribution in [-0.4, -0.2) is 29.3 Å². The van der Waals surface area contributed by atoms with Crippen molar-refractivity contribution < 1.29 is 9.90 Å². The molecular weight excluding hydrogens is 274 g/mol. The second kappa shape index (κ2) is 6.09. The summed E-state index contributed by atoms with van der Waals surface area (Å²) in [5, 5.41) is 12.3. The van der Waals surface area contributed by atoms with Crippen LogP contribution < -0.4 is 16.0 Å². The Morgan fingerprint density at radius 2 is 2.10 bits per heavy atom. The van der Waals surface area contributed by atoms with Crippen molar-refractivity contribution in [1.82, 2.24) is 0 Å². The van der Waals surface area contributed by atoms with Gasteiger partial charge in [0.1, 0.15) is 0 Å². The van der Waals surface area contributed by atoms with Crippen LogP contribution in [0.3, 0.4) is 0 Å². The number of anilines is 2. The number of rotatable bonds is 3. The molecule has 1 aliphatic rings. The largest absolute Gasteiger partial charge is 0.478 e. The molecule has 0 bridgehead atoms. The van der Waals surface area contributed by atoms with Crippen LogP contribution in [0.15, 0.2) is 18.2 Å². The first-order valence-electron chi connectivity index (χ1n) is 6.66. The molecule has 0 aliphatic carbocycles. The van der Waals surface area contributed by atoms with Crippen molar-refractivity contribution in [3.63, 3.8) is 0 Å². The molecule has 1 aromatic rings. The van der Waals surface area contributed by atoms with Crippen molar-refractivity contribution in [2.75, 3.05) is 23.3 Å². The molecule has 5 nitrogen and oxygen atoms in total. The third kappa shape index (κ3) is 3.39. The van der Waals surface area contributed by atoms with Gasteiger partial charge < -0.3 is 21.1 Å². The van der Waals surface area contributed by atoms with Crippen LogP contribution in [0.4, 0.5) is 11.4 Å². The summed E-state index contributed by atoms with van der Waals surface area (Å²) in [4.78, 5) is 13.6. The van der Waals surface area contributed by atoms with Gasteiger partial charge in [0.15, 0.2) is 5.11 Å². The van der Waals surface area contributed by atoms with E-state index in [1.165, 1.54) is 0 Å². The lowest BCUT2D eigenvalue weighted by atomic mass is 9.98. The minimum atomic E-state index is -0.940. The highest BCUT2D eigenvalue weighted by atomic mass is 32.1. The fraction of sp³-hybridized carbons (Fsp3) is 0.429. The van der Waals surface area contributed by atoms with E-state index in [4.69, 9.17) is 18.0 Å². The van der Waals surface area contributed by atoms with Gasteiger partial charge in [-0.25, -0.2) is 4.79 Å². The van der Waals surface area contributed by atoms with E-state index in [1.807, 2.05) is 6.07 Å². The standard InChI is InChI=1S/C14H19N3O2S/c1-9-4-6-17(7-5-9)12-3-2-10(16-14(15)20)8-11(12)13(18)19/h2-3,8-9H,4-7H2,1H3,(H,18,19)(H3,15,16,20). The molecule has 1 heterocycles. The molecular formula is C14H19N3O2S. The fourth-order valence-corrected chi connectivity index (χ4v) is 2.57. The van der Waals surface area contributed by atoms with E-state index >= 15 is 0 Å². The molecule has 1 fully saturated rings. The number of piperidine rings is 1. The Hall–Kier alpha value is -1.82. The number of nitrogens with one attached hydrogen (secondary N) is 1. The van der Waals surface area contributed by atoms with Gasteiger partial charge in [0.05, 0.1) is 11.3 Å². The average Bonchev–Trinajstić information content (AvgIpc) is 2.39. The van der Waals surface area contributed by atoms with Crippen LogP contribution >= 0.6 is 12.2 Å². The van der Waals surface area contributed by atoms with E-state index < -0.39 is 5.97 Å². The van der Waals surface area contributed by atoms with Crippen LogP contribution in [0, 0.1) is 5.92 Å². The minimum absolute atomic E-state index is 0.126. The van der Waals surface area contributed by atoms with E-state index in [9.17, 15) is 9.90 Å². The monoisotopic (exact) mass is 293 g/mol. The summed E-state index contributed by atoms with van der Waals surface area (Å²) in [7, 11) is 0. The van der Waals surface area contributed by atoms with Crippen LogP contribution in [-0.2, 0) is 0 Å². The SMILES string of the molecule is CC1CCN(c2ccc(NC(N)=S)cc2C(=O)O)CC1. The first-order chi connectivity index (χ1) is 9.47. The summed E-state index contributed by atoms with van der Waals surface area (Å²) in [6.07, 6.45) is 2.18. The molecule has 20 heavy (non-hydrogen) atoms. The fourth-order valence-electron chi connectivity index (χ4n) is 2.45. The number of hydrogen-bond donors (Lipinski definition) is 3. The molecule has 0 atom stereocenters. The molecule has 108 valence electrons. The third-order valence-corrected chi connectivity index (χ3v) is 3.72. The van der Waals surface area contributed by atoms with Crippen molar-refractivity contribution in [2.45, 2.75) is 19.8 Å². The average molecular weight is 293 g/mol. The Morgan fingerprint density at radius 3 is 2.65 bits per heavy atom. The Morgan fingerprint density at radius 1 is 1.45 bits per heavy atom. The summed E-state index contributed by atoms with van der Waals surface area (Å²) >= 11 is 4.77. The maximum Gasteiger partial charge on any atom is 0.337 e. The summed E-state index contributed by atoms with van der Waals surface area (Å²) in [6, 6.07) is 5.20. The van der Waals surface area contributed by atoms with E-state index in [-0.39, 0.29) is 10.7 Å². The Bertz CT molecular complexity index is 525. The number of carbonyl (C=O) groups is 1. The minimum Gasteiger partial charge on any atom is -0.478 e. The Kier molecular flexibility index (Phi) is 4.44. The van der Waals surface area contributed by atoms with Gasteiger partial charge >= 0.3 is 5.97 Å². The van der Waals surface area contributed by atoms with Gasteiger partial charge in [0.25, 0.3) is 0 Å². The topological polar surface area (TPSA) is 78.6 Å². The van der Waals surface area contributed by atoms with Gasteiger partial charge in [0.2, 0.25) is 0 Å². The zero-order valence-corrected chi connectivity index (χ0v) is 12.2. The predicted molar refractivity (Wildman–Crippen MR) is 84.4 cm³/mol. The van der Waals surface area contributed by atoms with Crippen molar-refractivity contribution in [1.29, 1.82) is 0 Å². The van der Waals surface area contributed by atoms with Gasteiger partial charge in [0, 0.05) is 18.8 Å². The molecule has 2 rings (SSSR count). The zero-order valence-electron chi connectivity index (χ0n) is 11.4. The Labute approximate surface area is 123 Å². The number of aromatic carboxylic acids is 1. The van der Waals surface area contributed by atoms with Crippen LogP contribution in [0.1, 0.15) is 30.1 Å². The van der Waals surface area contributed by atoms with E-state index in [0.717, 1.165) is 31.6 Å². The summed E-state index contributed by atoms with van der Waals surface area (Å²) < 4.78 is 0. The van der Waals surface area contributed by atoms with Crippen molar-refractivity contribution in [2.24, 2.45) is 11.7 Å². The van der Waals surface area contributed by atoms with Crippen molar-refractivity contribution in [3.05, 3.63) is 23.8 Å². The Balaban J connectivity index is 2.28. The number of carboxylic acids is 1. The zero-order chi connectivity index (χ0) is 14.7. The molecule has 1 saturated heterocycles. The van der Waals surface area contributed by atoms with E-state index in [2.05, 4.69) is 17.1 Å². The molecule has 0 aromatic heterocycles. The number of benzene rings is 1. The molecule has 4 N–H and O–H groups in total. The van der Waals surface area contributed by atoms with Gasteiger partial charge in [-0.1, -0.05) is 6.92 Å². The molecule has 0 amide bonds. The van der Waals surface area contributed by atoms with Gasteiger partial charge in [-0.2, -0.15) is 0 Å². The summed E-state index contributed by atoms with van der Waals surface area (Å²) in [6.45, 7) is 4.01. The lowest BCUT2D eigenvalue weighted by Gasteiger charge is -2.33. The van der Waals surface area contributed by atoms with Gasteiger partial charge in [-0.05, 0) is 49.2 Å². The molecule has 0 saturated carbocycles. The van der Waals surface area contributed by atoms with Crippen LogP contribution in [0.5, 0.6) is 0 Å². The van der Waals surface area contributed by atoms with E-state index in [0.29, 0.717) is 11.6 Å². The smallest absolute Gasteiger partial charge is 0.337 e. The van der Waals surface area contributed by atoms with E-state index in [1.54, 1.807) is 12.1 Å². The number of nitrogens with zero attached hydrogens (tertiary/aromatic N) is 1. The molecule has 1 aliphatic heterocycles. The lowest BCUT2D eigenvalue weighted by molar-refractivity contribution is 0.0697. The normalized spacial score (nSPS) is 15.9.